The monoisotopic (exact) mass is 630 g/mol. The number of nitrogens with zero attached hydrogens (tertiary/aromatic N) is 6. The van der Waals surface area contributed by atoms with Gasteiger partial charge in [0.25, 0.3) is 0 Å². The van der Waals surface area contributed by atoms with Gasteiger partial charge in [-0.1, -0.05) is 19.1 Å². The summed E-state index contributed by atoms with van der Waals surface area (Å²) >= 11 is 0. The Bertz CT molecular complexity index is 1400. The first kappa shape index (κ1) is 32.9. The van der Waals surface area contributed by atoms with Crippen molar-refractivity contribution in [3.8, 4) is 5.75 Å². The summed E-state index contributed by atoms with van der Waals surface area (Å²) in [5.74, 6) is 3.82. The van der Waals surface area contributed by atoms with Crippen LogP contribution in [0, 0.1) is 11.8 Å². The van der Waals surface area contributed by atoms with Gasteiger partial charge in [0.1, 0.15) is 23.3 Å². The normalized spacial score (nSPS) is 24.7. The predicted molar refractivity (Wildman–Crippen MR) is 183 cm³/mol. The van der Waals surface area contributed by atoms with Crippen LogP contribution in [0.15, 0.2) is 24.4 Å². The minimum Gasteiger partial charge on any atom is -0.496 e. The summed E-state index contributed by atoms with van der Waals surface area (Å²) in [4.78, 5) is 45.4. The Labute approximate surface area is 275 Å². The third kappa shape index (κ3) is 7.10. The first-order chi connectivity index (χ1) is 22.0. The zero-order valence-corrected chi connectivity index (χ0v) is 28.9. The average Bonchev–Trinajstić information content (AvgIpc) is 3.87. The molecule has 4 aliphatic rings. The van der Waals surface area contributed by atoms with Gasteiger partial charge in [-0.25, -0.2) is 9.97 Å². The van der Waals surface area contributed by atoms with E-state index in [1.54, 1.807) is 25.3 Å². The second-order valence-electron chi connectivity index (χ2n) is 15.1. The molecule has 0 spiro atoms. The van der Waals surface area contributed by atoms with Crippen molar-refractivity contribution in [1.82, 2.24) is 19.8 Å². The van der Waals surface area contributed by atoms with Crippen LogP contribution >= 0.6 is 0 Å². The van der Waals surface area contributed by atoms with Crippen LogP contribution in [0.2, 0.25) is 0 Å². The van der Waals surface area contributed by atoms with Crippen molar-refractivity contribution in [2.75, 3.05) is 56.7 Å². The molecule has 250 valence electrons. The lowest BCUT2D eigenvalue weighted by Gasteiger charge is -2.47. The van der Waals surface area contributed by atoms with Gasteiger partial charge in [0.2, 0.25) is 5.91 Å². The van der Waals surface area contributed by atoms with Gasteiger partial charge in [-0.2, -0.15) is 0 Å². The number of amides is 1. The molecule has 0 unspecified atom stereocenters. The van der Waals surface area contributed by atoms with E-state index in [-0.39, 0.29) is 23.3 Å². The minimum atomic E-state index is -0.290. The quantitative estimate of drug-likeness (QED) is 0.314. The third-order valence-electron chi connectivity index (χ3n) is 10.8. The second kappa shape index (κ2) is 13.6. The Morgan fingerprint density at radius 1 is 1.00 bits per heavy atom. The number of hydrogen-bond acceptors (Lipinski definition) is 8. The Hall–Kier alpha value is -3.04. The topological polar surface area (TPSA) is 82.1 Å². The summed E-state index contributed by atoms with van der Waals surface area (Å²) in [5, 5.41) is 0. The lowest BCUT2D eigenvalue weighted by molar-refractivity contribution is -0.120. The first-order valence-corrected chi connectivity index (χ1v) is 17.6. The standard InChI is InChI=1S/C37H54N6O3/c1-7-30-36(45)40(5)31-23-38-34(39-35(31)43(30)37(2,3)4)22-28-13-12-27(21-33(28)46-6)32(44)20-25-10-14-29(15-11-25)42-18-16-41(17-19-42)24-26-8-9-26/h12-13,21,23,25-26,29-30H,7-11,14-20,22,24H2,1-6H3/t25?,29?,30-/m1/s1. The van der Waals surface area contributed by atoms with E-state index in [0.29, 0.717) is 48.4 Å². The van der Waals surface area contributed by atoms with Crippen molar-refractivity contribution < 1.29 is 14.3 Å². The molecule has 2 aromatic rings. The van der Waals surface area contributed by atoms with Crippen LogP contribution < -0.4 is 14.5 Å². The maximum atomic E-state index is 13.4. The van der Waals surface area contributed by atoms with Gasteiger partial charge in [-0.05, 0) is 83.6 Å². The molecule has 9 nitrogen and oxygen atoms in total. The molecule has 6 rings (SSSR count). The number of fused-ring (bicyclic) bond motifs is 1. The number of anilines is 2. The van der Waals surface area contributed by atoms with E-state index in [1.807, 2.05) is 25.1 Å². The van der Waals surface area contributed by atoms with Crippen molar-refractivity contribution in [1.29, 1.82) is 0 Å². The third-order valence-corrected chi connectivity index (χ3v) is 10.8. The van der Waals surface area contributed by atoms with Crippen molar-refractivity contribution >= 4 is 23.2 Å². The highest BCUT2D eigenvalue weighted by atomic mass is 16.5. The van der Waals surface area contributed by atoms with E-state index in [9.17, 15) is 9.59 Å². The van der Waals surface area contributed by atoms with Crippen LogP contribution in [0.5, 0.6) is 5.75 Å². The molecule has 0 bridgehead atoms. The molecule has 2 saturated carbocycles. The molecule has 46 heavy (non-hydrogen) atoms. The predicted octanol–water partition coefficient (Wildman–Crippen LogP) is 5.60. The molecule has 1 aromatic carbocycles. The Morgan fingerprint density at radius 3 is 2.33 bits per heavy atom. The van der Waals surface area contributed by atoms with Crippen LogP contribution in [0.25, 0.3) is 0 Å². The molecule has 2 aliphatic carbocycles. The summed E-state index contributed by atoms with van der Waals surface area (Å²) < 4.78 is 5.79. The number of benzene rings is 1. The van der Waals surface area contributed by atoms with E-state index < -0.39 is 0 Å². The highest BCUT2D eigenvalue weighted by Gasteiger charge is 2.42. The average molecular weight is 631 g/mol. The molecule has 1 aromatic heterocycles. The van der Waals surface area contributed by atoms with E-state index >= 15 is 0 Å². The fourth-order valence-electron chi connectivity index (χ4n) is 7.95. The number of piperazine rings is 1. The van der Waals surface area contributed by atoms with Crippen LogP contribution in [0.4, 0.5) is 11.5 Å². The number of likely N-dealkylation sites (N-methyl/N-ethyl adjacent to an activating group) is 1. The fourth-order valence-corrected chi connectivity index (χ4v) is 7.95. The Morgan fingerprint density at radius 2 is 1.70 bits per heavy atom. The van der Waals surface area contributed by atoms with Crippen molar-refractivity contribution in [3.05, 3.63) is 41.3 Å². The van der Waals surface area contributed by atoms with E-state index in [2.05, 4.69) is 40.5 Å². The maximum absolute atomic E-state index is 13.4. The van der Waals surface area contributed by atoms with Crippen LogP contribution in [-0.4, -0.2) is 96.0 Å². The molecule has 9 heteroatoms. The molecule has 3 heterocycles. The molecule has 0 N–H and O–H groups in total. The van der Waals surface area contributed by atoms with E-state index in [1.165, 1.54) is 58.4 Å². The van der Waals surface area contributed by atoms with Crippen LogP contribution in [-0.2, 0) is 11.2 Å². The minimum absolute atomic E-state index is 0.0636. The molecule has 0 radical (unpaired) electrons. The number of aromatic nitrogens is 2. The summed E-state index contributed by atoms with van der Waals surface area (Å²) in [5.41, 5.74) is 2.08. The molecular weight excluding hydrogens is 576 g/mol. The molecular formula is C37H54N6O3. The number of hydrogen-bond donors (Lipinski definition) is 0. The van der Waals surface area contributed by atoms with Crippen LogP contribution in [0.3, 0.4) is 0 Å². The van der Waals surface area contributed by atoms with Crippen molar-refractivity contribution in [2.45, 2.75) is 103 Å². The van der Waals surface area contributed by atoms with E-state index in [0.717, 1.165) is 35.8 Å². The lowest BCUT2D eigenvalue weighted by Crippen LogP contribution is -2.59. The molecule has 1 amide bonds. The zero-order chi connectivity index (χ0) is 32.6. The highest BCUT2D eigenvalue weighted by Crippen LogP contribution is 2.39. The number of Topliss-reactive ketones (excluding diaryl/α,β-unsaturated/α-hetero) is 1. The number of ether oxygens (including phenoxy) is 1. The smallest absolute Gasteiger partial charge is 0.249 e. The van der Waals surface area contributed by atoms with Gasteiger partial charge in [0.15, 0.2) is 11.6 Å². The first-order valence-electron chi connectivity index (χ1n) is 17.6. The number of rotatable bonds is 10. The van der Waals surface area contributed by atoms with Gasteiger partial charge >= 0.3 is 0 Å². The summed E-state index contributed by atoms with van der Waals surface area (Å²) in [7, 11) is 3.45. The van der Waals surface area contributed by atoms with Gasteiger partial charge in [0.05, 0.1) is 13.3 Å². The highest BCUT2D eigenvalue weighted by molar-refractivity contribution is 6.04. The largest absolute Gasteiger partial charge is 0.496 e. The zero-order valence-electron chi connectivity index (χ0n) is 28.9. The van der Waals surface area contributed by atoms with E-state index in [4.69, 9.17) is 9.72 Å². The van der Waals surface area contributed by atoms with Crippen molar-refractivity contribution in [3.63, 3.8) is 0 Å². The van der Waals surface area contributed by atoms with Gasteiger partial charge < -0.3 is 19.4 Å². The lowest BCUT2D eigenvalue weighted by atomic mass is 9.81. The molecule has 1 saturated heterocycles. The SMILES string of the molecule is CC[C@@H]1C(=O)N(C)c2cnc(Cc3ccc(C(=O)CC4CCC(N5CCN(CC6CC6)CC5)CC4)cc3OC)nc2N1C(C)(C)C. The Kier molecular flexibility index (Phi) is 9.72. The number of methoxy groups -OCH3 is 1. The molecule has 1 atom stereocenters. The molecule has 3 fully saturated rings. The van der Waals surface area contributed by atoms with Gasteiger partial charge in [-0.15, -0.1) is 0 Å². The fraction of sp³-hybridized carbons (Fsp3) is 0.676. The number of carbonyl (C=O) groups is 2. The van der Waals surface area contributed by atoms with Gasteiger partial charge in [0, 0.05) is 75.3 Å². The summed E-state index contributed by atoms with van der Waals surface area (Å²) in [6, 6.07) is 6.22. The summed E-state index contributed by atoms with van der Waals surface area (Å²) in [6.07, 6.45) is 11.1. The van der Waals surface area contributed by atoms with Gasteiger partial charge in [-0.3, -0.25) is 14.5 Å². The molecule has 2 aliphatic heterocycles. The van der Waals surface area contributed by atoms with Crippen LogP contribution in [0.1, 0.15) is 101 Å². The summed E-state index contributed by atoms with van der Waals surface area (Å²) in [6.45, 7) is 14.5. The maximum Gasteiger partial charge on any atom is 0.249 e. The number of carbonyl (C=O) groups excluding carboxylic acids is 2. The van der Waals surface area contributed by atoms with Crippen molar-refractivity contribution in [2.24, 2.45) is 11.8 Å². The second-order valence-corrected chi connectivity index (χ2v) is 15.1. The number of ketones is 1. The Balaban J connectivity index is 1.07.